The number of hydrogen-bond acceptors (Lipinski definition) is 4. The molecule has 0 unspecified atom stereocenters. The lowest BCUT2D eigenvalue weighted by molar-refractivity contribution is 0.295. The van der Waals surface area contributed by atoms with Crippen LogP contribution in [0, 0.1) is 0 Å². The molecule has 1 aromatic carbocycles. The second-order valence-electron chi connectivity index (χ2n) is 5.04. The van der Waals surface area contributed by atoms with Crippen LogP contribution in [0.25, 0.3) is 0 Å². The highest BCUT2D eigenvalue weighted by molar-refractivity contribution is 7.99. The van der Waals surface area contributed by atoms with E-state index < -0.39 is 0 Å². The molecule has 1 N–H and O–H groups in total. The van der Waals surface area contributed by atoms with Crippen molar-refractivity contribution in [2.75, 3.05) is 25.2 Å². The molecule has 0 aliphatic heterocycles. The number of benzene rings is 1. The van der Waals surface area contributed by atoms with E-state index in [0.717, 1.165) is 42.9 Å². The molecule has 1 saturated carbocycles. The summed E-state index contributed by atoms with van der Waals surface area (Å²) >= 11 is 1.95. The van der Waals surface area contributed by atoms with E-state index in [0.29, 0.717) is 0 Å². The van der Waals surface area contributed by atoms with Crippen LogP contribution in [-0.2, 0) is 6.54 Å². The van der Waals surface area contributed by atoms with Crippen LogP contribution in [-0.4, -0.2) is 31.3 Å². The highest BCUT2D eigenvalue weighted by atomic mass is 32.2. The third-order valence-corrected chi connectivity index (χ3v) is 4.28. The summed E-state index contributed by atoms with van der Waals surface area (Å²) in [5.74, 6) is 4.02. The molecule has 0 saturated heterocycles. The predicted molar refractivity (Wildman–Crippen MR) is 86.0 cm³/mol. The van der Waals surface area contributed by atoms with Crippen molar-refractivity contribution in [1.29, 1.82) is 0 Å². The van der Waals surface area contributed by atoms with Gasteiger partial charge in [-0.15, -0.1) is 0 Å². The molecule has 112 valence electrons. The highest BCUT2D eigenvalue weighted by Gasteiger charge is 2.20. The van der Waals surface area contributed by atoms with E-state index in [1.807, 2.05) is 17.8 Å². The Kier molecular flexibility index (Phi) is 6.54. The van der Waals surface area contributed by atoms with Crippen molar-refractivity contribution in [3.63, 3.8) is 0 Å². The average molecular weight is 295 g/mol. The fraction of sp³-hybridized carbons (Fsp3) is 0.625. The first-order valence-corrected chi connectivity index (χ1v) is 8.59. The Morgan fingerprint density at radius 2 is 2.15 bits per heavy atom. The van der Waals surface area contributed by atoms with Crippen LogP contribution >= 0.6 is 11.8 Å². The van der Waals surface area contributed by atoms with Gasteiger partial charge in [-0.25, -0.2) is 0 Å². The maximum atomic E-state index is 5.81. The lowest BCUT2D eigenvalue weighted by Crippen LogP contribution is -2.15. The van der Waals surface area contributed by atoms with Gasteiger partial charge in [-0.1, -0.05) is 13.0 Å². The molecule has 1 aliphatic rings. The van der Waals surface area contributed by atoms with Crippen molar-refractivity contribution < 1.29 is 9.47 Å². The zero-order valence-corrected chi connectivity index (χ0v) is 13.3. The second kappa shape index (κ2) is 8.42. The van der Waals surface area contributed by atoms with Gasteiger partial charge in [0.25, 0.3) is 0 Å². The van der Waals surface area contributed by atoms with Crippen LogP contribution in [0.15, 0.2) is 18.2 Å². The van der Waals surface area contributed by atoms with Crippen molar-refractivity contribution in [3.8, 4) is 11.5 Å². The summed E-state index contributed by atoms with van der Waals surface area (Å²) in [6.07, 6.45) is 3.70. The Hall–Kier alpha value is -0.870. The van der Waals surface area contributed by atoms with E-state index >= 15 is 0 Å². The van der Waals surface area contributed by atoms with E-state index in [1.165, 1.54) is 24.2 Å². The number of nitrogens with one attached hydrogen (secondary N) is 1. The molecule has 0 amide bonds. The van der Waals surface area contributed by atoms with Gasteiger partial charge in [0.15, 0.2) is 11.5 Å². The summed E-state index contributed by atoms with van der Waals surface area (Å²) in [5, 5.41) is 3.51. The Morgan fingerprint density at radius 3 is 2.85 bits per heavy atom. The summed E-state index contributed by atoms with van der Waals surface area (Å²) < 4.78 is 11.2. The van der Waals surface area contributed by atoms with Crippen LogP contribution < -0.4 is 14.8 Å². The lowest BCUT2D eigenvalue weighted by atomic mass is 10.2. The fourth-order valence-corrected chi connectivity index (χ4v) is 2.59. The largest absolute Gasteiger partial charge is 0.493 e. The summed E-state index contributed by atoms with van der Waals surface area (Å²) in [6.45, 7) is 3.85. The minimum absolute atomic E-state index is 0.730. The molecule has 4 heteroatoms. The van der Waals surface area contributed by atoms with Gasteiger partial charge in [0.05, 0.1) is 13.7 Å². The number of hydrogen-bond donors (Lipinski definition) is 1. The Balaban J connectivity index is 1.81. The minimum atomic E-state index is 0.730. The lowest BCUT2D eigenvalue weighted by Gasteiger charge is -2.12. The van der Waals surface area contributed by atoms with Gasteiger partial charge >= 0.3 is 0 Å². The van der Waals surface area contributed by atoms with Crippen molar-refractivity contribution in [3.05, 3.63) is 23.8 Å². The molecule has 2 rings (SSSR count). The summed E-state index contributed by atoms with van der Waals surface area (Å²) in [4.78, 5) is 0. The van der Waals surface area contributed by atoms with Gasteiger partial charge in [-0.05, 0) is 48.5 Å². The van der Waals surface area contributed by atoms with E-state index in [-0.39, 0.29) is 0 Å². The van der Waals surface area contributed by atoms with Crippen molar-refractivity contribution in [2.45, 2.75) is 38.8 Å². The predicted octanol–water partition coefficient (Wildman–Crippen LogP) is 3.47. The van der Waals surface area contributed by atoms with Gasteiger partial charge in [-0.3, -0.25) is 0 Å². The normalized spacial score (nSPS) is 14.3. The molecule has 0 atom stereocenters. The number of rotatable bonds is 10. The third kappa shape index (κ3) is 5.25. The summed E-state index contributed by atoms with van der Waals surface area (Å²) in [7, 11) is 1.70. The quantitative estimate of drug-likeness (QED) is 0.670. The molecule has 20 heavy (non-hydrogen) atoms. The van der Waals surface area contributed by atoms with Gasteiger partial charge < -0.3 is 14.8 Å². The van der Waals surface area contributed by atoms with Crippen LogP contribution in [0.5, 0.6) is 11.5 Å². The maximum absolute atomic E-state index is 5.81. The Bertz CT molecular complexity index is 407. The van der Waals surface area contributed by atoms with Crippen LogP contribution in [0.2, 0.25) is 0 Å². The molecule has 1 fully saturated rings. The van der Waals surface area contributed by atoms with Crippen LogP contribution in [0.1, 0.15) is 31.7 Å². The van der Waals surface area contributed by atoms with Gasteiger partial charge in [-0.2, -0.15) is 11.8 Å². The SMILES string of the molecule is CCSCCCOc1ccc(CNC2CC2)cc1OC. The molecular formula is C16H25NO2S. The Morgan fingerprint density at radius 1 is 1.30 bits per heavy atom. The van der Waals surface area contributed by atoms with E-state index in [1.54, 1.807) is 7.11 Å². The molecular weight excluding hydrogens is 270 g/mol. The van der Waals surface area contributed by atoms with Gasteiger partial charge in [0.1, 0.15) is 0 Å². The van der Waals surface area contributed by atoms with Crippen molar-refractivity contribution in [2.24, 2.45) is 0 Å². The highest BCUT2D eigenvalue weighted by Crippen LogP contribution is 2.29. The first-order chi connectivity index (χ1) is 9.83. The van der Waals surface area contributed by atoms with E-state index in [9.17, 15) is 0 Å². The third-order valence-electron chi connectivity index (χ3n) is 3.29. The topological polar surface area (TPSA) is 30.5 Å². The summed E-state index contributed by atoms with van der Waals surface area (Å²) in [6, 6.07) is 6.95. The molecule has 1 aliphatic carbocycles. The number of ether oxygens (including phenoxy) is 2. The van der Waals surface area contributed by atoms with E-state index in [4.69, 9.17) is 9.47 Å². The maximum Gasteiger partial charge on any atom is 0.161 e. The minimum Gasteiger partial charge on any atom is -0.493 e. The molecule has 0 radical (unpaired) electrons. The van der Waals surface area contributed by atoms with Crippen LogP contribution in [0.4, 0.5) is 0 Å². The van der Waals surface area contributed by atoms with Gasteiger partial charge in [0, 0.05) is 12.6 Å². The molecule has 3 nitrogen and oxygen atoms in total. The molecule has 0 heterocycles. The van der Waals surface area contributed by atoms with E-state index in [2.05, 4.69) is 24.4 Å². The molecule has 0 bridgehead atoms. The smallest absolute Gasteiger partial charge is 0.161 e. The molecule has 1 aromatic rings. The number of thioether (sulfide) groups is 1. The summed E-state index contributed by atoms with van der Waals surface area (Å²) in [5.41, 5.74) is 1.25. The monoisotopic (exact) mass is 295 g/mol. The fourth-order valence-electron chi connectivity index (χ4n) is 1.98. The molecule has 0 spiro atoms. The van der Waals surface area contributed by atoms with Gasteiger partial charge in [0.2, 0.25) is 0 Å². The first-order valence-electron chi connectivity index (χ1n) is 7.44. The molecule has 0 aromatic heterocycles. The number of methoxy groups -OCH3 is 1. The standard InChI is InChI=1S/C16H25NO2S/c1-3-20-10-4-9-19-15-8-5-13(11-16(15)18-2)12-17-14-6-7-14/h5,8,11,14,17H,3-4,6-7,9-10,12H2,1-2H3. The zero-order valence-electron chi connectivity index (χ0n) is 12.5. The zero-order chi connectivity index (χ0) is 14.2. The van der Waals surface area contributed by atoms with Crippen LogP contribution in [0.3, 0.4) is 0 Å². The Labute approximate surface area is 126 Å². The second-order valence-corrected chi connectivity index (χ2v) is 6.43. The van der Waals surface area contributed by atoms with Crippen molar-refractivity contribution in [1.82, 2.24) is 5.32 Å². The van der Waals surface area contributed by atoms with Crippen molar-refractivity contribution >= 4 is 11.8 Å². The first kappa shape index (κ1) is 15.5. The average Bonchev–Trinajstić information content (AvgIpc) is 3.29.